The predicted octanol–water partition coefficient (Wildman–Crippen LogP) is 14.4. The maximum absolute atomic E-state index is 6.19. The molecule has 240 valence electrons. The van der Waals surface area contributed by atoms with Gasteiger partial charge in [-0.2, -0.15) is 0 Å². The minimum atomic E-state index is 0.869. The van der Waals surface area contributed by atoms with Crippen LogP contribution < -0.4 is 4.90 Å². The van der Waals surface area contributed by atoms with Crippen LogP contribution in [-0.4, -0.2) is 0 Å². The largest absolute Gasteiger partial charge is 0.456 e. The molecule has 10 aromatic rings. The summed E-state index contributed by atoms with van der Waals surface area (Å²) in [5, 5.41) is 6.24. The molecule has 0 radical (unpaired) electrons. The molecule has 51 heavy (non-hydrogen) atoms. The minimum Gasteiger partial charge on any atom is -0.456 e. The number of rotatable bonds is 6. The van der Waals surface area contributed by atoms with Crippen LogP contribution in [0.3, 0.4) is 0 Å². The normalized spacial score (nSPS) is 11.5. The van der Waals surface area contributed by atoms with Gasteiger partial charge in [-0.05, 0) is 118 Å². The Hall–Kier alpha value is -6.42. The van der Waals surface area contributed by atoms with Crippen molar-refractivity contribution in [3.63, 3.8) is 0 Å². The lowest BCUT2D eigenvalue weighted by Crippen LogP contribution is -2.09. The fourth-order valence-corrected chi connectivity index (χ4v) is 8.31. The highest BCUT2D eigenvalue weighted by Crippen LogP contribution is 2.40. The second kappa shape index (κ2) is 12.2. The third-order valence-corrected chi connectivity index (χ3v) is 11.0. The summed E-state index contributed by atoms with van der Waals surface area (Å²) in [5.74, 6) is 0.869. The van der Waals surface area contributed by atoms with E-state index in [1.807, 2.05) is 29.5 Å². The first kappa shape index (κ1) is 29.5. The second-order valence-electron chi connectivity index (χ2n) is 13.0. The number of furan rings is 1. The zero-order valence-corrected chi connectivity index (χ0v) is 28.5. The van der Waals surface area contributed by atoms with Crippen LogP contribution in [-0.2, 0) is 0 Å². The van der Waals surface area contributed by atoms with Crippen LogP contribution in [0.1, 0.15) is 0 Å². The summed E-state index contributed by atoms with van der Waals surface area (Å²) < 4.78 is 8.84. The average molecular weight is 670 g/mol. The second-order valence-corrected chi connectivity index (χ2v) is 14.1. The van der Waals surface area contributed by atoms with E-state index in [0.717, 1.165) is 39.4 Å². The lowest BCUT2D eigenvalue weighted by Gasteiger charge is -2.26. The summed E-state index contributed by atoms with van der Waals surface area (Å²) in [6.45, 7) is 0. The number of anilines is 3. The Morgan fingerprint density at radius 1 is 0.353 bits per heavy atom. The number of hydrogen-bond acceptors (Lipinski definition) is 3. The first-order valence-electron chi connectivity index (χ1n) is 17.2. The Bertz CT molecular complexity index is 2810. The third-order valence-electron chi connectivity index (χ3n) is 9.88. The molecule has 0 aliphatic rings. The molecule has 0 aliphatic carbocycles. The molecule has 0 amide bonds. The molecular formula is C48H31NOS. The maximum atomic E-state index is 6.19. The zero-order valence-electron chi connectivity index (χ0n) is 27.7. The molecule has 0 aliphatic heterocycles. The van der Waals surface area contributed by atoms with Gasteiger partial charge in [0.15, 0.2) is 0 Å². The first-order chi connectivity index (χ1) is 25.2. The standard InChI is InChI=1S/C48H31NOS/c1-2-8-36-29-37(14-13-32(36)7-1)33-15-22-40(23-16-33)49(42-26-19-35(20-27-42)46-31-39-9-3-5-11-45(39)50-46)41-24-17-34(18-25-41)38-21-28-48-44(30-38)43-10-4-6-12-47(43)51-48/h1-31H. The van der Waals surface area contributed by atoms with E-state index in [-0.39, 0.29) is 0 Å². The highest BCUT2D eigenvalue weighted by atomic mass is 32.1. The number of nitrogens with zero attached hydrogens (tertiary/aromatic N) is 1. The van der Waals surface area contributed by atoms with Crippen molar-refractivity contribution in [2.45, 2.75) is 0 Å². The van der Waals surface area contributed by atoms with Gasteiger partial charge in [-0.1, -0.05) is 103 Å². The highest BCUT2D eigenvalue weighted by molar-refractivity contribution is 7.25. The van der Waals surface area contributed by atoms with Gasteiger partial charge in [0.2, 0.25) is 0 Å². The van der Waals surface area contributed by atoms with E-state index in [1.54, 1.807) is 0 Å². The van der Waals surface area contributed by atoms with Gasteiger partial charge in [0.1, 0.15) is 11.3 Å². The van der Waals surface area contributed by atoms with Gasteiger partial charge in [-0.3, -0.25) is 0 Å². The molecule has 3 heteroatoms. The molecule has 2 aromatic heterocycles. The van der Waals surface area contributed by atoms with Crippen molar-refractivity contribution in [3.8, 4) is 33.6 Å². The first-order valence-corrected chi connectivity index (χ1v) is 18.1. The molecule has 2 nitrogen and oxygen atoms in total. The van der Waals surface area contributed by atoms with Crippen LogP contribution in [0.2, 0.25) is 0 Å². The fourth-order valence-electron chi connectivity index (χ4n) is 7.23. The van der Waals surface area contributed by atoms with Crippen LogP contribution in [0.5, 0.6) is 0 Å². The van der Waals surface area contributed by atoms with Crippen molar-refractivity contribution in [2.24, 2.45) is 0 Å². The number of para-hydroxylation sites is 1. The summed E-state index contributed by atoms with van der Waals surface area (Å²) in [6.07, 6.45) is 0. The summed E-state index contributed by atoms with van der Waals surface area (Å²) in [4.78, 5) is 2.33. The maximum Gasteiger partial charge on any atom is 0.135 e. The number of benzene rings is 8. The molecule has 0 saturated heterocycles. The Morgan fingerprint density at radius 2 is 0.882 bits per heavy atom. The third kappa shape index (κ3) is 5.36. The topological polar surface area (TPSA) is 16.4 Å². The summed E-state index contributed by atoms with van der Waals surface area (Å²) in [7, 11) is 0. The van der Waals surface area contributed by atoms with E-state index in [4.69, 9.17) is 4.42 Å². The molecule has 0 N–H and O–H groups in total. The van der Waals surface area contributed by atoms with Gasteiger partial charge in [-0.25, -0.2) is 0 Å². The summed E-state index contributed by atoms with van der Waals surface area (Å²) >= 11 is 1.85. The molecule has 0 atom stereocenters. The molecule has 0 saturated carbocycles. The number of thiophene rings is 1. The number of fused-ring (bicyclic) bond motifs is 5. The molecule has 0 fully saturated rings. The van der Waals surface area contributed by atoms with Crippen LogP contribution in [0.4, 0.5) is 17.1 Å². The molecule has 10 rings (SSSR count). The van der Waals surface area contributed by atoms with Crippen LogP contribution >= 0.6 is 11.3 Å². The fraction of sp³-hybridized carbons (Fsp3) is 0. The van der Waals surface area contributed by atoms with Crippen LogP contribution in [0, 0.1) is 0 Å². The van der Waals surface area contributed by atoms with E-state index in [9.17, 15) is 0 Å². The van der Waals surface area contributed by atoms with Gasteiger partial charge in [-0.15, -0.1) is 11.3 Å². The SMILES string of the molecule is c1ccc2cc(-c3ccc(N(c4ccc(-c5ccc6sc7ccccc7c6c5)cc4)c4ccc(-c5cc6ccccc6o5)cc4)cc3)ccc2c1. The van der Waals surface area contributed by atoms with Gasteiger partial charge < -0.3 is 9.32 Å². The Balaban J connectivity index is 1.02. The van der Waals surface area contributed by atoms with Crippen molar-refractivity contribution >= 4 is 70.3 Å². The van der Waals surface area contributed by atoms with Crippen LogP contribution in [0.25, 0.3) is 75.5 Å². The highest BCUT2D eigenvalue weighted by Gasteiger charge is 2.15. The summed E-state index contributed by atoms with van der Waals surface area (Å²) in [5.41, 5.74) is 10.0. The Labute approximate surface area is 300 Å². The summed E-state index contributed by atoms with van der Waals surface area (Å²) in [6, 6.07) is 67.5. The molecule has 0 unspecified atom stereocenters. The Morgan fingerprint density at radius 3 is 1.59 bits per heavy atom. The number of hydrogen-bond donors (Lipinski definition) is 0. The van der Waals surface area contributed by atoms with Crippen molar-refractivity contribution in [3.05, 3.63) is 188 Å². The van der Waals surface area contributed by atoms with Crippen LogP contribution in [0.15, 0.2) is 192 Å². The Kier molecular flexibility index (Phi) is 7.04. The van der Waals surface area contributed by atoms with E-state index < -0.39 is 0 Å². The average Bonchev–Trinajstić information content (AvgIpc) is 3.80. The van der Waals surface area contributed by atoms with E-state index in [2.05, 4.69) is 175 Å². The van der Waals surface area contributed by atoms with E-state index in [0.29, 0.717) is 0 Å². The lowest BCUT2D eigenvalue weighted by molar-refractivity contribution is 0.631. The quantitative estimate of drug-likeness (QED) is 0.175. The van der Waals surface area contributed by atoms with Gasteiger partial charge in [0, 0.05) is 48.2 Å². The minimum absolute atomic E-state index is 0.869. The molecule has 8 aromatic carbocycles. The van der Waals surface area contributed by atoms with Crippen molar-refractivity contribution in [1.82, 2.24) is 0 Å². The smallest absolute Gasteiger partial charge is 0.135 e. The molecule has 2 heterocycles. The van der Waals surface area contributed by atoms with Crippen molar-refractivity contribution in [1.29, 1.82) is 0 Å². The van der Waals surface area contributed by atoms with E-state index >= 15 is 0 Å². The van der Waals surface area contributed by atoms with Gasteiger partial charge in [0.25, 0.3) is 0 Å². The lowest BCUT2D eigenvalue weighted by atomic mass is 10.0. The monoisotopic (exact) mass is 669 g/mol. The van der Waals surface area contributed by atoms with Gasteiger partial charge in [0.05, 0.1) is 0 Å². The van der Waals surface area contributed by atoms with Crippen molar-refractivity contribution in [2.75, 3.05) is 4.90 Å². The zero-order chi connectivity index (χ0) is 33.7. The van der Waals surface area contributed by atoms with Crippen molar-refractivity contribution < 1.29 is 4.42 Å². The van der Waals surface area contributed by atoms with E-state index in [1.165, 1.54) is 53.2 Å². The van der Waals surface area contributed by atoms with Gasteiger partial charge >= 0.3 is 0 Å². The molecule has 0 bridgehead atoms. The molecule has 0 spiro atoms. The predicted molar refractivity (Wildman–Crippen MR) is 218 cm³/mol. The molecular weight excluding hydrogens is 639 g/mol.